The van der Waals surface area contributed by atoms with E-state index >= 15 is 0 Å². The zero-order valence-electron chi connectivity index (χ0n) is 8.94. The SMILES string of the molecule is C[Si](C)(C)C#C[C-]1SCCCS1.[Li+]. The van der Waals surface area contributed by atoms with Crippen molar-refractivity contribution < 1.29 is 18.9 Å². The molecule has 1 aliphatic heterocycles. The Bertz CT molecular complexity index is 196. The molecule has 0 N–H and O–H groups in total. The molecule has 0 aliphatic carbocycles. The maximum atomic E-state index is 3.40. The second kappa shape index (κ2) is 6.43. The fourth-order valence-corrected chi connectivity index (χ4v) is 3.63. The van der Waals surface area contributed by atoms with Gasteiger partial charge in [0.05, 0.1) is 0 Å². The summed E-state index contributed by atoms with van der Waals surface area (Å²) in [5, 5.41) is 0. The first-order valence-corrected chi connectivity index (χ1v) is 9.71. The standard InChI is InChI=1S/C9H15S2Si.Li/c1-12(2,3)8-5-9-10-6-4-7-11-9;/h4,6-7H2,1-3H3;/q-1;+1. The van der Waals surface area contributed by atoms with Crippen molar-refractivity contribution in [3.05, 3.63) is 4.58 Å². The van der Waals surface area contributed by atoms with Crippen LogP contribution in [0, 0.1) is 16.0 Å². The van der Waals surface area contributed by atoms with Crippen LogP contribution in [-0.4, -0.2) is 19.6 Å². The first kappa shape index (κ1) is 13.9. The van der Waals surface area contributed by atoms with Crippen molar-refractivity contribution in [2.45, 2.75) is 26.1 Å². The van der Waals surface area contributed by atoms with E-state index < -0.39 is 8.07 Å². The van der Waals surface area contributed by atoms with Crippen LogP contribution in [0.25, 0.3) is 0 Å². The summed E-state index contributed by atoms with van der Waals surface area (Å²) in [4.78, 5) is 0. The minimum absolute atomic E-state index is 0. The molecule has 0 radical (unpaired) electrons. The summed E-state index contributed by atoms with van der Waals surface area (Å²) in [7, 11) is -1.15. The van der Waals surface area contributed by atoms with Crippen molar-refractivity contribution >= 4 is 31.6 Å². The van der Waals surface area contributed by atoms with E-state index in [2.05, 4.69) is 31.1 Å². The van der Waals surface area contributed by atoms with Crippen LogP contribution in [0.5, 0.6) is 0 Å². The monoisotopic (exact) mass is 222 g/mol. The summed E-state index contributed by atoms with van der Waals surface area (Å²) in [5.41, 5.74) is 3.40. The second-order valence-electron chi connectivity index (χ2n) is 3.84. The number of hydrogen-bond donors (Lipinski definition) is 0. The van der Waals surface area contributed by atoms with Crippen molar-refractivity contribution in [1.29, 1.82) is 0 Å². The first-order valence-electron chi connectivity index (χ1n) is 4.24. The molecule has 0 bridgehead atoms. The quantitative estimate of drug-likeness (QED) is 0.327. The minimum Gasteiger partial charge on any atom is -0.331 e. The van der Waals surface area contributed by atoms with E-state index in [4.69, 9.17) is 0 Å². The molecule has 1 rings (SSSR count). The van der Waals surface area contributed by atoms with Gasteiger partial charge < -0.3 is 5.54 Å². The van der Waals surface area contributed by atoms with Crippen LogP contribution in [0.15, 0.2) is 0 Å². The van der Waals surface area contributed by atoms with E-state index in [1.807, 2.05) is 23.5 Å². The van der Waals surface area contributed by atoms with Gasteiger partial charge in [-0.3, -0.25) is 5.92 Å². The first-order chi connectivity index (χ1) is 5.58. The van der Waals surface area contributed by atoms with Crippen LogP contribution >= 0.6 is 23.5 Å². The summed E-state index contributed by atoms with van der Waals surface area (Å²) in [5.74, 6) is 5.85. The summed E-state index contributed by atoms with van der Waals surface area (Å²) >= 11 is 3.86. The predicted octanol–water partition coefficient (Wildman–Crippen LogP) is 0.231. The molecule has 1 fully saturated rings. The topological polar surface area (TPSA) is 0 Å². The molecule has 0 saturated carbocycles. The van der Waals surface area contributed by atoms with Crippen LogP contribution in [0.2, 0.25) is 19.6 Å². The fraction of sp³-hybridized carbons (Fsp3) is 0.667. The van der Waals surface area contributed by atoms with Gasteiger partial charge in [0, 0.05) is 8.07 Å². The van der Waals surface area contributed by atoms with Gasteiger partial charge in [0.25, 0.3) is 0 Å². The Labute approximate surface area is 104 Å². The van der Waals surface area contributed by atoms with E-state index in [1.54, 1.807) is 0 Å². The van der Waals surface area contributed by atoms with Crippen molar-refractivity contribution in [2.75, 3.05) is 11.5 Å². The van der Waals surface area contributed by atoms with E-state index in [-0.39, 0.29) is 18.9 Å². The molecule has 0 aromatic heterocycles. The molecule has 0 unspecified atom stereocenters. The summed E-state index contributed by atoms with van der Waals surface area (Å²) in [6.07, 6.45) is 1.34. The van der Waals surface area contributed by atoms with E-state index in [9.17, 15) is 0 Å². The molecule has 0 amide bonds. The molecule has 4 heteroatoms. The molecule has 0 aromatic carbocycles. The molecular formula is C9H15LiS2Si. The maximum Gasteiger partial charge on any atom is 1.00 e. The van der Waals surface area contributed by atoms with Crippen molar-refractivity contribution in [1.82, 2.24) is 0 Å². The summed E-state index contributed by atoms with van der Waals surface area (Å²) < 4.78 is 1.35. The molecule has 13 heavy (non-hydrogen) atoms. The van der Waals surface area contributed by atoms with Gasteiger partial charge in [-0.25, -0.2) is 23.5 Å². The Balaban J connectivity index is 0.00000144. The van der Waals surface area contributed by atoms with Crippen molar-refractivity contribution in [3.63, 3.8) is 0 Å². The molecule has 1 heterocycles. The average molecular weight is 222 g/mol. The van der Waals surface area contributed by atoms with E-state index in [1.165, 1.54) is 22.5 Å². The van der Waals surface area contributed by atoms with Gasteiger partial charge in [-0.1, -0.05) is 24.2 Å². The van der Waals surface area contributed by atoms with Crippen LogP contribution in [0.3, 0.4) is 0 Å². The van der Waals surface area contributed by atoms with Gasteiger partial charge in [0.1, 0.15) is 0 Å². The third kappa shape index (κ3) is 6.94. The zero-order chi connectivity index (χ0) is 9.03. The molecule has 0 atom stereocenters. The Morgan fingerprint density at radius 3 is 2.15 bits per heavy atom. The van der Waals surface area contributed by atoms with Gasteiger partial charge in [0.2, 0.25) is 0 Å². The molecule has 68 valence electrons. The summed E-state index contributed by atoms with van der Waals surface area (Å²) in [6.45, 7) is 6.87. The molecule has 1 aliphatic rings. The van der Waals surface area contributed by atoms with Crippen molar-refractivity contribution in [2.24, 2.45) is 0 Å². The second-order valence-corrected chi connectivity index (χ2v) is 11.1. The van der Waals surface area contributed by atoms with Crippen LogP contribution in [0.4, 0.5) is 0 Å². The smallest absolute Gasteiger partial charge is 0.331 e. The van der Waals surface area contributed by atoms with Crippen LogP contribution in [0.1, 0.15) is 6.42 Å². The van der Waals surface area contributed by atoms with Gasteiger partial charge in [-0.15, -0.1) is 0 Å². The third-order valence-corrected chi connectivity index (χ3v) is 4.59. The molecule has 0 nitrogen and oxygen atoms in total. The Hall–Kier alpha value is 0.944. The summed E-state index contributed by atoms with van der Waals surface area (Å²) in [6, 6.07) is 0. The molecule has 0 spiro atoms. The molecular weight excluding hydrogens is 207 g/mol. The Kier molecular flexibility index (Phi) is 6.90. The normalized spacial score (nSPS) is 17.0. The minimum atomic E-state index is -1.15. The molecule has 1 saturated heterocycles. The van der Waals surface area contributed by atoms with Crippen LogP contribution < -0.4 is 18.9 Å². The van der Waals surface area contributed by atoms with Gasteiger partial charge in [-0.2, -0.15) is 0 Å². The van der Waals surface area contributed by atoms with E-state index in [0.29, 0.717) is 0 Å². The maximum absolute atomic E-state index is 3.40. The fourth-order valence-electron chi connectivity index (χ4n) is 0.741. The van der Waals surface area contributed by atoms with E-state index in [0.717, 1.165) is 0 Å². The zero-order valence-corrected chi connectivity index (χ0v) is 11.6. The van der Waals surface area contributed by atoms with Gasteiger partial charge >= 0.3 is 18.9 Å². The Morgan fingerprint density at radius 1 is 1.15 bits per heavy atom. The number of thioether (sulfide) groups is 2. The largest absolute Gasteiger partial charge is 1.00 e. The number of hydrogen-bond acceptors (Lipinski definition) is 2. The number of rotatable bonds is 0. The van der Waals surface area contributed by atoms with Crippen LogP contribution in [-0.2, 0) is 0 Å². The van der Waals surface area contributed by atoms with Gasteiger partial charge in [-0.05, 0) is 17.9 Å². The third-order valence-electron chi connectivity index (χ3n) is 1.29. The molecule has 0 aromatic rings. The average Bonchev–Trinajstić information content (AvgIpc) is 2.02. The van der Waals surface area contributed by atoms with Gasteiger partial charge in [0.15, 0.2) is 0 Å². The Morgan fingerprint density at radius 2 is 1.69 bits per heavy atom. The predicted molar refractivity (Wildman–Crippen MR) is 63.9 cm³/mol. The van der Waals surface area contributed by atoms with Crippen molar-refractivity contribution in [3.8, 4) is 11.5 Å².